The fraction of sp³-hybridized carbons (Fsp3) is 0.0370. The minimum Gasteiger partial charge on any atom is -0.521 e. The molecule has 172 valence electrons. The first-order chi connectivity index (χ1) is 16.7. The van der Waals surface area contributed by atoms with Crippen molar-refractivity contribution < 1.29 is 35.1 Å². The van der Waals surface area contributed by atoms with Crippen LogP contribution >= 0.6 is 0 Å². The van der Waals surface area contributed by atoms with Gasteiger partial charge in [-0.25, -0.2) is 0 Å². The largest absolute Gasteiger partial charge is 2.00 e. The Balaban J connectivity index is 0.00000253. The second-order valence-corrected chi connectivity index (χ2v) is 7.79. The molecule has 1 aliphatic rings. The van der Waals surface area contributed by atoms with Crippen LogP contribution in [0.3, 0.4) is 0 Å². The number of hydrogen-bond acceptors (Lipinski definition) is 5. The first-order valence-electron chi connectivity index (χ1n) is 10.8. The van der Waals surface area contributed by atoms with E-state index in [1.54, 1.807) is 4.68 Å². The normalized spacial score (nSPS) is 11.7. The van der Waals surface area contributed by atoms with Gasteiger partial charge in [0.1, 0.15) is 11.5 Å². The van der Waals surface area contributed by atoms with Crippen LogP contribution in [0, 0.1) is 12.1 Å². The summed E-state index contributed by atoms with van der Waals surface area (Å²) in [5.74, 6) is 2.52. The maximum absolute atomic E-state index is 6.09. The van der Waals surface area contributed by atoms with Gasteiger partial charge in [0.25, 0.3) is 0 Å². The Morgan fingerprint density at radius 3 is 2.17 bits per heavy atom. The molecule has 0 radical (unpaired) electrons. The van der Waals surface area contributed by atoms with Crippen molar-refractivity contribution in [2.45, 2.75) is 0 Å². The van der Waals surface area contributed by atoms with Crippen molar-refractivity contribution in [1.29, 1.82) is 0 Å². The molecule has 0 atom stereocenters. The molecule has 35 heavy (non-hydrogen) atoms. The molecule has 0 saturated heterocycles. The van der Waals surface area contributed by atoms with E-state index >= 15 is 0 Å². The van der Waals surface area contributed by atoms with Crippen molar-refractivity contribution in [1.82, 2.24) is 15.0 Å². The summed E-state index contributed by atoms with van der Waals surface area (Å²) in [7, 11) is 1.31. The summed E-state index contributed by atoms with van der Waals surface area (Å²) in [6, 6.07) is 35.5. The van der Waals surface area contributed by atoms with Crippen molar-refractivity contribution in [3.05, 3.63) is 103 Å². The van der Waals surface area contributed by atoms with Crippen molar-refractivity contribution in [3.8, 4) is 45.5 Å². The van der Waals surface area contributed by atoms with E-state index in [-0.39, 0.29) is 21.1 Å². The monoisotopic (exact) mass is 638 g/mol. The second kappa shape index (κ2) is 9.81. The van der Waals surface area contributed by atoms with E-state index in [0.717, 1.165) is 28.0 Å². The molecule has 0 spiro atoms. The molecule has 0 fully saturated rings. The Morgan fingerprint density at radius 2 is 1.43 bits per heavy atom. The predicted octanol–water partition coefficient (Wildman–Crippen LogP) is 4.71. The van der Waals surface area contributed by atoms with E-state index in [0.29, 0.717) is 23.0 Å². The SMILES string of the molecule is Cn1nnc(-c2[c-]c(Oc3[c-]c(B4Oc5ccccc5O4)ccc3)ccc2)c1-c1ccccc1.[Pt+2]. The van der Waals surface area contributed by atoms with Gasteiger partial charge in [-0.1, -0.05) is 59.2 Å². The molecule has 1 aromatic heterocycles. The Bertz CT molecular complexity index is 1450. The van der Waals surface area contributed by atoms with E-state index in [9.17, 15) is 0 Å². The number of para-hydroxylation sites is 2. The molecule has 0 unspecified atom stereocenters. The van der Waals surface area contributed by atoms with Crippen molar-refractivity contribution in [2.75, 3.05) is 0 Å². The molecule has 1 aliphatic heterocycles. The number of nitrogens with zero attached hydrogens (tertiary/aromatic N) is 3. The molecule has 0 saturated carbocycles. The molecule has 2 heterocycles. The molecule has 8 heteroatoms. The number of rotatable bonds is 5. The van der Waals surface area contributed by atoms with Crippen LogP contribution in [0.5, 0.6) is 23.0 Å². The summed E-state index contributed by atoms with van der Waals surface area (Å²) in [6.07, 6.45) is 0. The molecule has 0 bridgehead atoms. The number of ether oxygens (including phenoxy) is 1. The zero-order valence-corrected chi connectivity index (χ0v) is 20.9. The van der Waals surface area contributed by atoms with Crippen LogP contribution in [0.25, 0.3) is 22.5 Å². The first kappa shape index (κ1) is 22.9. The maximum atomic E-state index is 6.09. The van der Waals surface area contributed by atoms with Gasteiger partial charge >= 0.3 is 28.2 Å². The molecular formula is C27H18BN3O3Pt. The number of aromatic nitrogens is 3. The topological polar surface area (TPSA) is 58.4 Å². The fourth-order valence-electron chi connectivity index (χ4n) is 3.91. The standard InChI is InChI=1S/C27H18BN3O3.Pt/c1-31-27(19-9-3-2-4-10-19)26(29-30-31)20-11-7-13-22(17-20)32-23-14-8-12-21(18-23)28-33-24-15-5-6-16-25(24)34-28;/h2-16H,1H3;/q-2;+2. The van der Waals surface area contributed by atoms with Crippen LogP contribution in [0.15, 0.2) is 91.0 Å². The predicted molar refractivity (Wildman–Crippen MR) is 129 cm³/mol. The van der Waals surface area contributed by atoms with Crippen LogP contribution < -0.4 is 19.5 Å². The summed E-state index contributed by atoms with van der Waals surface area (Å²) < 4.78 is 19.7. The summed E-state index contributed by atoms with van der Waals surface area (Å²) in [5, 5.41) is 8.61. The van der Waals surface area contributed by atoms with Gasteiger partial charge in [-0.3, -0.25) is 4.68 Å². The second-order valence-electron chi connectivity index (χ2n) is 7.79. The molecule has 4 aromatic carbocycles. The Kier molecular flexibility index (Phi) is 6.43. The molecule has 6 nitrogen and oxygen atoms in total. The summed E-state index contributed by atoms with van der Waals surface area (Å²) in [5.41, 5.74) is 4.21. The Labute approximate surface area is 217 Å². The maximum Gasteiger partial charge on any atom is 2.00 e. The van der Waals surface area contributed by atoms with Gasteiger partial charge in [0.2, 0.25) is 0 Å². The van der Waals surface area contributed by atoms with E-state index in [1.165, 1.54) is 0 Å². The van der Waals surface area contributed by atoms with Gasteiger partial charge in [0.15, 0.2) is 0 Å². The van der Waals surface area contributed by atoms with Crippen LogP contribution in [0.1, 0.15) is 0 Å². The molecule has 6 rings (SSSR count). The smallest absolute Gasteiger partial charge is 0.521 e. The summed E-state index contributed by atoms with van der Waals surface area (Å²) >= 11 is 0. The van der Waals surface area contributed by atoms with Crippen LogP contribution in [0.2, 0.25) is 0 Å². The van der Waals surface area contributed by atoms with Gasteiger partial charge in [0.05, 0.1) is 5.69 Å². The fourth-order valence-corrected chi connectivity index (χ4v) is 3.91. The molecule has 5 aromatic rings. The number of fused-ring (bicyclic) bond motifs is 1. The van der Waals surface area contributed by atoms with Gasteiger partial charge in [-0.05, 0) is 17.7 Å². The zero-order chi connectivity index (χ0) is 22.9. The van der Waals surface area contributed by atoms with Crippen LogP contribution in [-0.4, -0.2) is 22.1 Å². The third-order valence-corrected chi connectivity index (χ3v) is 5.48. The van der Waals surface area contributed by atoms with Gasteiger partial charge in [-0.15, -0.1) is 35.9 Å². The van der Waals surface area contributed by atoms with Gasteiger partial charge in [0, 0.05) is 24.2 Å². The third kappa shape index (κ3) is 4.60. The number of benzene rings is 4. The van der Waals surface area contributed by atoms with E-state index in [1.807, 2.05) is 98.0 Å². The number of aryl methyl sites for hydroxylation is 1. The third-order valence-electron chi connectivity index (χ3n) is 5.48. The number of hydrogen-bond donors (Lipinski definition) is 0. The average molecular weight is 638 g/mol. The molecule has 0 amide bonds. The quantitative estimate of drug-likeness (QED) is 0.207. The van der Waals surface area contributed by atoms with Crippen molar-refractivity contribution in [2.24, 2.45) is 7.05 Å². The van der Waals surface area contributed by atoms with Gasteiger partial charge < -0.3 is 14.0 Å². The van der Waals surface area contributed by atoms with Crippen molar-refractivity contribution >= 4 is 12.6 Å². The van der Waals surface area contributed by atoms with Gasteiger partial charge in [-0.2, -0.15) is 17.2 Å². The van der Waals surface area contributed by atoms with Crippen LogP contribution in [0.4, 0.5) is 0 Å². The van der Waals surface area contributed by atoms with E-state index in [4.69, 9.17) is 14.0 Å². The summed E-state index contributed by atoms with van der Waals surface area (Å²) in [4.78, 5) is 0. The minimum absolute atomic E-state index is 0. The first-order valence-corrected chi connectivity index (χ1v) is 10.8. The average Bonchev–Trinajstić information content (AvgIpc) is 3.49. The molecular weight excluding hydrogens is 620 g/mol. The Morgan fingerprint density at radius 1 is 0.771 bits per heavy atom. The Hall–Kier alpha value is -3.83. The van der Waals surface area contributed by atoms with Crippen LogP contribution in [-0.2, 0) is 28.1 Å². The van der Waals surface area contributed by atoms with E-state index < -0.39 is 7.12 Å². The summed E-state index contributed by atoms with van der Waals surface area (Å²) in [6.45, 7) is 0. The van der Waals surface area contributed by atoms with E-state index in [2.05, 4.69) is 22.4 Å². The van der Waals surface area contributed by atoms with Crippen molar-refractivity contribution in [3.63, 3.8) is 0 Å². The molecule has 0 N–H and O–H groups in total. The zero-order valence-electron chi connectivity index (χ0n) is 18.6. The minimum atomic E-state index is -0.565. The molecule has 0 aliphatic carbocycles.